The van der Waals surface area contributed by atoms with E-state index in [2.05, 4.69) is 0 Å². The van der Waals surface area contributed by atoms with Crippen molar-refractivity contribution in [2.45, 2.75) is 18.9 Å². The summed E-state index contributed by atoms with van der Waals surface area (Å²) in [6, 6.07) is -1.17. The second-order valence-corrected chi connectivity index (χ2v) is 1.86. The first-order valence-corrected chi connectivity index (χ1v) is 2.72. The van der Waals surface area contributed by atoms with E-state index in [0.717, 1.165) is 0 Å². The summed E-state index contributed by atoms with van der Waals surface area (Å²) < 4.78 is 0. The van der Waals surface area contributed by atoms with Gasteiger partial charge in [-0.1, -0.05) is 0 Å². The third-order valence-corrected chi connectivity index (χ3v) is 0.972. The summed E-state index contributed by atoms with van der Waals surface area (Å²) in [5.41, 5.74) is 4.94. The summed E-state index contributed by atoms with van der Waals surface area (Å²) in [4.78, 5) is 19.7. The summed E-state index contributed by atoms with van der Waals surface area (Å²) in [5.74, 6) is -2.47. The molecule has 5 nitrogen and oxygen atoms in total. The van der Waals surface area contributed by atoms with E-state index in [4.69, 9.17) is 10.8 Å². The molecule has 0 amide bonds. The third-order valence-electron chi connectivity index (χ3n) is 0.972. The van der Waals surface area contributed by atoms with Gasteiger partial charge in [-0.3, -0.25) is 4.79 Å². The average molecular weight is 228 g/mol. The Labute approximate surface area is 126 Å². The van der Waals surface area contributed by atoms with Gasteiger partial charge in [0.05, 0.1) is 5.97 Å². The van der Waals surface area contributed by atoms with Crippen molar-refractivity contribution in [3.05, 3.63) is 0 Å². The van der Waals surface area contributed by atoms with Gasteiger partial charge in [0.2, 0.25) is 0 Å². The van der Waals surface area contributed by atoms with Gasteiger partial charge in [-0.2, -0.15) is 0 Å². The monoisotopic (exact) mass is 227 g/mol. The minimum atomic E-state index is -1.42. The average Bonchev–Trinajstić information content (AvgIpc) is 1.82. The molecule has 0 saturated heterocycles. The third kappa shape index (κ3) is 15.9. The maximum atomic E-state index is 9.88. The fourth-order valence-corrected chi connectivity index (χ4v) is 0.397. The van der Waals surface area contributed by atoms with Crippen molar-refractivity contribution < 1.29 is 91.3 Å². The fraction of sp³-hybridized carbons (Fsp3) is 0.600. The Morgan fingerprint density at radius 3 is 2.00 bits per heavy atom. The van der Waals surface area contributed by atoms with Crippen LogP contribution in [-0.2, 0) is 9.59 Å². The van der Waals surface area contributed by atoms with Crippen LogP contribution in [0.4, 0.5) is 0 Å². The van der Waals surface area contributed by atoms with Gasteiger partial charge >= 0.3 is 65.1 Å². The number of halogens is 1. The van der Waals surface area contributed by atoms with Gasteiger partial charge in [-0.15, -0.1) is 0 Å². The second-order valence-electron chi connectivity index (χ2n) is 1.86. The molecule has 0 aromatic heterocycles. The number of rotatable bonds is 4. The number of hydrogen-bond acceptors (Lipinski definition) is 4. The quantitative estimate of drug-likeness (QED) is 0.464. The van der Waals surface area contributed by atoms with E-state index in [-0.39, 0.29) is 84.4 Å². The first-order valence-electron chi connectivity index (χ1n) is 2.72. The van der Waals surface area contributed by atoms with Crippen LogP contribution in [0.25, 0.3) is 0 Å². The van der Waals surface area contributed by atoms with Crippen LogP contribution >= 0.6 is 0 Å². The predicted octanol–water partition coefficient (Wildman–Crippen LogP) is -11.1. The van der Waals surface area contributed by atoms with E-state index in [9.17, 15) is 14.7 Å². The maximum absolute atomic E-state index is 9.88. The van der Waals surface area contributed by atoms with Crippen LogP contribution in [0, 0.1) is 0 Å². The molecule has 0 aliphatic heterocycles. The first-order chi connectivity index (χ1) is 4.54. The smallest absolute Gasteiger partial charge is 1.00 e. The number of carbonyl (C=O) groups excluding carboxylic acids is 1. The van der Waals surface area contributed by atoms with E-state index in [1.165, 1.54) is 0 Å². The maximum Gasteiger partial charge on any atom is 1.00 e. The molecule has 0 aromatic rings. The number of hydrogen-bond donors (Lipinski definition) is 2. The van der Waals surface area contributed by atoms with Crippen LogP contribution in [0.1, 0.15) is 12.8 Å². The molecule has 3 N–H and O–H groups in total. The predicted molar refractivity (Wildman–Crippen MR) is 29.9 cm³/mol. The van der Waals surface area contributed by atoms with Crippen molar-refractivity contribution >= 4 is 11.9 Å². The summed E-state index contributed by atoms with van der Waals surface area (Å²) in [6.07, 6.45) is -0.327. The Morgan fingerprint density at radius 1 is 1.38 bits per heavy atom. The Balaban J connectivity index is -0.000000135. The largest absolute Gasteiger partial charge is 1.00 e. The normalized spacial score (nSPS) is 9.62. The Morgan fingerprint density at radius 2 is 1.77 bits per heavy atom. The molecule has 8 heteroatoms. The zero-order chi connectivity index (χ0) is 8.15. The molecule has 0 spiro atoms. The van der Waals surface area contributed by atoms with Crippen molar-refractivity contribution in [3.8, 4) is 0 Å². The van der Waals surface area contributed by atoms with Gasteiger partial charge in [0.15, 0.2) is 0 Å². The van der Waals surface area contributed by atoms with E-state index in [1.807, 2.05) is 0 Å². The van der Waals surface area contributed by atoms with Crippen molar-refractivity contribution in [2.75, 3.05) is 0 Å². The van der Waals surface area contributed by atoms with E-state index < -0.39 is 18.0 Å². The number of carbonyl (C=O) groups is 2. The van der Waals surface area contributed by atoms with E-state index in [1.54, 1.807) is 0 Å². The van der Waals surface area contributed by atoms with Crippen molar-refractivity contribution in [3.63, 3.8) is 0 Å². The molecule has 1 atom stereocenters. The molecule has 0 heterocycles. The standard InChI is InChI=1S/C5H9NO4.ClH.2Na/c6-3(5(9)10)1-2-4(7)8;;;/h3H,1-2,6H2,(H,7,8)(H,9,10);1H;;/q;;2*+1/p-2/t3-;;;/m0.../s1. The molecule has 13 heavy (non-hydrogen) atoms. The zero-order valence-electron chi connectivity index (χ0n) is 7.62. The summed E-state index contributed by atoms with van der Waals surface area (Å²) >= 11 is 0. The van der Waals surface area contributed by atoms with Gasteiger partial charge in [-0.25, -0.2) is 0 Å². The van der Waals surface area contributed by atoms with Gasteiger partial charge in [0, 0.05) is 12.5 Å². The molecular weight excluding hydrogens is 219 g/mol. The molecule has 0 bridgehead atoms. The summed E-state index contributed by atoms with van der Waals surface area (Å²) in [5, 5.41) is 18.0. The van der Waals surface area contributed by atoms with Crippen LogP contribution in [0.3, 0.4) is 0 Å². The topological polar surface area (TPSA) is 103 Å². The number of aliphatic carboxylic acids is 2. The minimum absolute atomic E-state index is 0. The second kappa shape index (κ2) is 13.2. The van der Waals surface area contributed by atoms with Crippen molar-refractivity contribution in [2.24, 2.45) is 5.73 Å². The molecule has 66 valence electrons. The Hall–Kier alpha value is 1.19. The van der Waals surface area contributed by atoms with E-state index in [0.29, 0.717) is 0 Å². The molecule has 0 aliphatic rings. The van der Waals surface area contributed by atoms with Crippen LogP contribution in [0.5, 0.6) is 0 Å². The minimum Gasteiger partial charge on any atom is -1.00 e. The van der Waals surface area contributed by atoms with Crippen LogP contribution in [0.2, 0.25) is 0 Å². The van der Waals surface area contributed by atoms with Gasteiger partial charge in [0.1, 0.15) is 0 Å². The van der Waals surface area contributed by atoms with Gasteiger partial charge in [-0.05, 0) is 6.42 Å². The van der Waals surface area contributed by atoms with Gasteiger partial charge < -0.3 is 33.1 Å². The van der Waals surface area contributed by atoms with E-state index >= 15 is 0 Å². The molecule has 0 saturated carbocycles. The molecule has 0 aliphatic carbocycles. The number of carboxylic acid groups (broad SMARTS) is 2. The number of nitrogens with two attached hydrogens (primary N) is 1. The molecule has 0 unspecified atom stereocenters. The van der Waals surface area contributed by atoms with Crippen molar-refractivity contribution in [1.29, 1.82) is 0 Å². The van der Waals surface area contributed by atoms with Crippen LogP contribution in [-0.4, -0.2) is 23.1 Å². The number of carboxylic acids is 2. The molecular formula is C5H8ClNNa2O4. The first kappa shape index (κ1) is 23.8. The van der Waals surface area contributed by atoms with Crippen LogP contribution < -0.4 is 82.4 Å². The van der Waals surface area contributed by atoms with Crippen LogP contribution in [0.15, 0.2) is 0 Å². The summed E-state index contributed by atoms with van der Waals surface area (Å²) in [7, 11) is 0. The van der Waals surface area contributed by atoms with Crippen molar-refractivity contribution in [1.82, 2.24) is 0 Å². The molecule has 0 fully saturated rings. The summed E-state index contributed by atoms with van der Waals surface area (Å²) in [6.45, 7) is 0. The Kier molecular flexibility index (Phi) is 24.1. The van der Waals surface area contributed by atoms with Gasteiger partial charge in [0.25, 0.3) is 0 Å². The molecule has 0 radical (unpaired) electrons. The zero-order valence-corrected chi connectivity index (χ0v) is 12.4. The molecule has 0 rings (SSSR count). The Bertz CT molecular complexity index is 157. The molecule has 0 aromatic carbocycles. The SMILES string of the molecule is N[C@@H](CCC(=O)O)C(=O)[O-].[Cl-].[Na+].[Na+]. The fourth-order valence-electron chi connectivity index (χ4n) is 0.397.